The number of carbonyl (C=O) groups excluding carboxylic acids is 2. The number of benzene rings is 1. The molecule has 3 N–H and O–H groups in total. The van der Waals surface area contributed by atoms with Crippen LogP contribution in [0.3, 0.4) is 0 Å². The Bertz CT molecular complexity index is 514. The van der Waals surface area contributed by atoms with Gasteiger partial charge in [0.05, 0.1) is 6.61 Å². The molecule has 0 saturated carbocycles. The van der Waals surface area contributed by atoms with Crippen LogP contribution >= 0.6 is 0 Å². The number of aliphatic carboxylic acids is 1. The number of ether oxygens (including phenoxy) is 1. The fraction of sp³-hybridized carbons (Fsp3) is 0.308. The van der Waals surface area contributed by atoms with Crippen LogP contribution in [0, 0.1) is 0 Å². The van der Waals surface area contributed by atoms with Crippen molar-refractivity contribution in [3.63, 3.8) is 0 Å². The van der Waals surface area contributed by atoms with Gasteiger partial charge in [-0.1, -0.05) is 0 Å². The predicted molar refractivity (Wildman–Crippen MR) is 73.1 cm³/mol. The quantitative estimate of drug-likeness (QED) is 0.660. The molecule has 114 valence electrons. The second-order valence-electron chi connectivity index (χ2n) is 3.96. The van der Waals surface area contributed by atoms with E-state index in [-0.39, 0.29) is 24.6 Å². The lowest BCUT2D eigenvalue weighted by atomic mass is 10.3. The molecule has 0 bridgehead atoms. The van der Waals surface area contributed by atoms with Gasteiger partial charge in [-0.3, -0.25) is 14.5 Å². The van der Waals surface area contributed by atoms with Gasteiger partial charge in [0, 0.05) is 5.69 Å². The van der Waals surface area contributed by atoms with Gasteiger partial charge in [-0.15, -0.1) is 0 Å². The summed E-state index contributed by atoms with van der Waals surface area (Å²) in [5.41, 5.74) is 0.275. The zero-order valence-electron chi connectivity index (χ0n) is 11.4. The van der Waals surface area contributed by atoms with Crippen LogP contribution in [0.5, 0.6) is 5.75 Å². The Morgan fingerprint density at radius 3 is 2.38 bits per heavy atom. The average Bonchev–Trinajstić information content (AvgIpc) is 2.43. The molecule has 1 aromatic carbocycles. The molecule has 0 saturated heterocycles. The summed E-state index contributed by atoms with van der Waals surface area (Å²) in [5.74, 6) is -1.85. The first-order valence-corrected chi connectivity index (χ1v) is 6.15. The van der Waals surface area contributed by atoms with Crippen molar-refractivity contribution >= 4 is 23.7 Å². The Kier molecular flexibility index (Phi) is 5.99. The summed E-state index contributed by atoms with van der Waals surface area (Å²) in [5, 5.41) is 20.3. The molecule has 8 nitrogen and oxygen atoms in total. The summed E-state index contributed by atoms with van der Waals surface area (Å²) in [6.07, 6.45) is 0. The van der Waals surface area contributed by atoms with E-state index in [1.165, 1.54) is 24.3 Å². The number of carboxylic acid groups (broad SMARTS) is 1. The molecule has 21 heavy (non-hydrogen) atoms. The predicted octanol–water partition coefficient (Wildman–Crippen LogP) is 0.556. The number of anilines is 1. The summed E-state index contributed by atoms with van der Waals surface area (Å²) in [4.78, 5) is 34.9. The molecule has 1 rings (SSSR count). The van der Waals surface area contributed by atoms with Crippen LogP contribution in [-0.2, 0) is 14.3 Å². The number of carboxylic acids is 1. The van der Waals surface area contributed by atoms with Crippen molar-refractivity contribution in [2.24, 2.45) is 0 Å². The molecule has 8 heteroatoms. The Labute approximate surface area is 120 Å². The lowest BCUT2D eigenvalue weighted by molar-refractivity contribution is -0.141. The molecular formula is C13H16N2O6. The van der Waals surface area contributed by atoms with Crippen molar-refractivity contribution in [1.29, 1.82) is 0 Å². The van der Waals surface area contributed by atoms with Crippen molar-refractivity contribution in [1.82, 2.24) is 5.32 Å². The average molecular weight is 296 g/mol. The minimum Gasteiger partial charge on any atom is -0.508 e. The van der Waals surface area contributed by atoms with Gasteiger partial charge >= 0.3 is 18.0 Å². The number of amides is 2. The first-order valence-electron chi connectivity index (χ1n) is 6.15. The summed E-state index contributed by atoms with van der Waals surface area (Å²) in [6.45, 7) is 0.874. The zero-order valence-corrected chi connectivity index (χ0v) is 11.4. The van der Waals surface area contributed by atoms with Crippen molar-refractivity contribution in [2.45, 2.75) is 6.92 Å². The zero-order chi connectivity index (χ0) is 15.8. The number of aromatic hydroxyl groups is 1. The van der Waals surface area contributed by atoms with Gasteiger partial charge in [-0.05, 0) is 31.2 Å². The van der Waals surface area contributed by atoms with Gasteiger partial charge in [-0.2, -0.15) is 0 Å². The summed E-state index contributed by atoms with van der Waals surface area (Å²) < 4.78 is 4.65. The normalized spacial score (nSPS) is 9.76. The Morgan fingerprint density at radius 1 is 1.24 bits per heavy atom. The number of hydrogen-bond donors (Lipinski definition) is 3. The fourth-order valence-corrected chi connectivity index (χ4v) is 1.50. The number of nitrogens with one attached hydrogen (secondary N) is 1. The van der Waals surface area contributed by atoms with Crippen LogP contribution < -0.4 is 10.2 Å². The Morgan fingerprint density at radius 2 is 1.86 bits per heavy atom. The van der Waals surface area contributed by atoms with Gasteiger partial charge in [0.1, 0.15) is 18.8 Å². The van der Waals surface area contributed by atoms with E-state index in [0.717, 1.165) is 4.90 Å². The number of phenols is 1. The SMILES string of the molecule is CCOC(=O)CNC(=O)N(CC(=O)O)c1ccc(O)cc1. The van der Waals surface area contributed by atoms with Crippen LogP contribution in [0.4, 0.5) is 10.5 Å². The first-order chi connectivity index (χ1) is 9.93. The van der Waals surface area contributed by atoms with Crippen LogP contribution in [0.1, 0.15) is 6.92 Å². The van der Waals surface area contributed by atoms with E-state index in [0.29, 0.717) is 0 Å². The number of nitrogens with zero attached hydrogens (tertiary/aromatic N) is 1. The van der Waals surface area contributed by atoms with E-state index >= 15 is 0 Å². The standard InChI is InChI=1S/C13H16N2O6/c1-2-21-12(19)7-14-13(20)15(8-11(17)18)9-3-5-10(16)6-4-9/h3-6,16H,2,7-8H2,1H3,(H,14,20)(H,17,18). The molecule has 0 aliphatic rings. The molecular weight excluding hydrogens is 280 g/mol. The van der Waals surface area contributed by atoms with Gasteiger partial charge in [-0.25, -0.2) is 4.79 Å². The number of hydrogen-bond acceptors (Lipinski definition) is 5. The monoisotopic (exact) mass is 296 g/mol. The number of carbonyl (C=O) groups is 3. The highest BCUT2D eigenvalue weighted by Gasteiger charge is 2.19. The first kappa shape index (κ1) is 16.3. The van der Waals surface area contributed by atoms with Crippen molar-refractivity contribution < 1.29 is 29.3 Å². The molecule has 0 spiro atoms. The third-order valence-electron chi connectivity index (χ3n) is 2.39. The molecule has 0 radical (unpaired) electrons. The topological polar surface area (TPSA) is 116 Å². The molecule has 0 unspecified atom stereocenters. The molecule has 1 aromatic rings. The summed E-state index contributed by atoms with van der Waals surface area (Å²) in [7, 11) is 0. The maximum absolute atomic E-state index is 12.0. The van der Waals surface area contributed by atoms with Crippen molar-refractivity contribution in [3.8, 4) is 5.75 Å². The highest BCUT2D eigenvalue weighted by Crippen LogP contribution is 2.18. The Balaban J connectivity index is 2.77. The van der Waals surface area contributed by atoms with Crippen molar-refractivity contribution in [3.05, 3.63) is 24.3 Å². The van der Waals surface area contributed by atoms with Crippen LogP contribution in [-0.4, -0.2) is 47.9 Å². The smallest absolute Gasteiger partial charge is 0.325 e. The maximum atomic E-state index is 12.0. The highest BCUT2D eigenvalue weighted by molar-refractivity contribution is 5.97. The second kappa shape index (κ2) is 7.73. The van der Waals surface area contributed by atoms with Gasteiger partial charge < -0.3 is 20.3 Å². The van der Waals surface area contributed by atoms with E-state index in [2.05, 4.69) is 10.1 Å². The van der Waals surface area contributed by atoms with Crippen LogP contribution in [0.25, 0.3) is 0 Å². The van der Waals surface area contributed by atoms with Crippen molar-refractivity contribution in [2.75, 3.05) is 24.6 Å². The molecule has 0 fully saturated rings. The second-order valence-corrected chi connectivity index (χ2v) is 3.96. The highest BCUT2D eigenvalue weighted by atomic mass is 16.5. The van der Waals surface area contributed by atoms with Gasteiger partial charge in [0.2, 0.25) is 0 Å². The number of urea groups is 1. The molecule has 0 heterocycles. The van der Waals surface area contributed by atoms with E-state index in [9.17, 15) is 19.5 Å². The van der Waals surface area contributed by atoms with Gasteiger partial charge in [0.15, 0.2) is 0 Å². The lowest BCUT2D eigenvalue weighted by Gasteiger charge is -2.21. The molecule has 0 atom stereocenters. The molecule has 0 aliphatic carbocycles. The van der Waals surface area contributed by atoms with E-state index < -0.39 is 24.5 Å². The fourth-order valence-electron chi connectivity index (χ4n) is 1.50. The Hall–Kier alpha value is -2.77. The minimum atomic E-state index is -1.21. The number of phenolic OH excluding ortho intramolecular Hbond substituents is 1. The van der Waals surface area contributed by atoms with E-state index in [1.54, 1.807) is 6.92 Å². The third kappa shape index (κ3) is 5.39. The largest absolute Gasteiger partial charge is 0.508 e. The lowest BCUT2D eigenvalue weighted by Crippen LogP contribution is -2.44. The third-order valence-corrected chi connectivity index (χ3v) is 2.39. The van der Waals surface area contributed by atoms with E-state index in [4.69, 9.17) is 5.11 Å². The number of rotatable bonds is 6. The van der Waals surface area contributed by atoms with Crippen LogP contribution in [0.15, 0.2) is 24.3 Å². The maximum Gasteiger partial charge on any atom is 0.325 e. The van der Waals surface area contributed by atoms with Crippen LogP contribution in [0.2, 0.25) is 0 Å². The van der Waals surface area contributed by atoms with E-state index in [1.807, 2.05) is 0 Å². The number of esters is 1. The molecule has 0 aliphatic heterocycles. The summed E-state index contributed by atoms with van der Waals surface area (Å²) >= 11 is 0. The molecule has 0 aromatic heterocycles. The summed E-state index contributed by atoms with van der Waals surface area (Å²) in [6, 6.07) is 4.67. The minimum absolute atomic E-state index is 0.0130. The van der Waals surface area contributed by atoms with Gasteiger partial charge in [0.25, 0.3) is 0 Å². The molecule has 2 amide bonds.